The third kappa shape index (κ3) is 2.56. The molecule has 2 nitrogen and oxygen atoms in total. The molecule has 2 aromatic rings. The summed E-state index contributed by atoms with van der Waals surface area (Å²) in [6.07, 6.45) is -1.31. The van der Waals surface area contributed by atoms with Crippen molar-refractivity contribution in [3.8, 4) is 0 Å². The Balaban J connectivity index is 2.36. The number of hydrogen-bond donors (Lipinski definition) is 1. The average molecular weight is 281 g/mol. The van der Waals surface area contributed by atoms with E-state index in [9.17, 15) is 9.90 Å². The van der Waals surface area contributed by atoms with Crippen LogP contribution in [0.15, 0.2) is 48.5 Å². The summed E-state index contributed by atoms with van der Waals surface area (Å²) in [7, 11) is 0. The van der Waals surface area contributed by atoms with Crippen molar-refractivity contribution in [2.24, 2.45) is 0 Å². The first-order chi connectivity index (χ1) is 8.61. The molecule has 1 atom stereocenters. The van der Waals surface area contributed by atoms with Crippen molar-refractivity contribution in [1.29, 1.82) is 0 Å². The van der Waals surface area contributed by atoms with Crippen molar-refractivity contribution in [3.05, 3.63) is 69.7 Å². The SMILES string of the molecule is O=C(c1ccccc1Cl)C(O)c1ccccc1Cl. The molecule has 1 N–H and O–H groups in total. The molecular formula is C14H10Cl2O2. The summed E-state index contributed by atoms with van der Waals surface area (Å²) in [5.41, 5.74) is 0.663. The molecule has 2 rings (SSSR count). The van der Waals surface area contributed by atoms with Crippen LogP contribution in [0.4, 0.5) is 0 Å². The first kappa shape index (κ1) is 13.1. The van der Waals surface area contributed by atoms with Crippen LogP contribution >= 0.6 is 23.2 Å². The number of carbonyl (C=O) groups excluding carboxylic acids is 1. The summed E-state index contributed by atoms with van der Waals surface area (Å²) in [4.78, 5) is 12.1. The molecule has 0 aliphatic rings. The number of aliphatic hydroxyl groups is 1. The molecular weight excluding hydrogens is 271 g/mol. The summed E-state index contributed by atoms with van der Waals surface area (Å²) in [5.74, 6) is -0.464. The normalized spacial score (nSPS) is 12.2. The van der Waals surface area contributed by atoms with E-state index in [0.29, 0.717) is 15.6 Å². The highest BCUT2D eigenvalue weighted by molar-refractivity contribution is 6.34. The third-order valence-electron chi connectivity index (χ3n) is 2.59. The summed E-state index contributed by atoms with van der Waals surface area (Å²) < 4.78 is 0. The first-order valence-corrected chi connectivity index (χ1v) is 6.08. The zero-order valence-corrected chi connectivity index (χ0v) is 10.8. The Morgan fingerprint density at radius 3 is 2.11 bits per heavy atom. The van der Waals surface area contributed by atoms with E-state index in [-0.39, 0.29) is 5.56 Å². The highest BCUT2D eigenvalue weighted by Crippen LogP contribution is 2.27. The molecule has 0 aliphatic carbocycles. The quantitative estimate of drug-likeness (QED) is 0.866. The van der Waals surface area contributed by atoms with Gasteiger partial charge in [0, 0.05) is 16.1 Å². The van der Waals surface area contributed by atoms with Gasteiger partial charge in [-0.15, -0.1) is 0 Å². The maximum Gasteiger partial charge on any atom is 0.197 e. The van der Waals surface area contributed by atoms with Crippen LogP contribution in [-0.2, 0) is 0 Å². The Kier molecular flexibility index (Phi) is 4.02. The maximum atomic E-state index is 12.1. The largest absolute Gasteiger partial charge is 0.380 e. The van der Waals surface area contributed by atoms with Crippen LogP contribution in [0.5, 0.6) is 0 Å². The van der Waals surface area contributed by atoms with Crippen molar-refractivity contribution in [1.82, 2.24) is 0 Å². The summed E-state index contributed by atoms with van der Waals surface area (Å²) in [5, 5.41) is 10.7. The van der Waals surface area contributed by atoms with E-state index in [2.05, 4.69) is 0 Å². The van der Waals surface area contributed by atoms with Crippen LogP contribution in [-0.4, -0.2) is 10.9 Å². The number of halogens is 2. The molecule has 0 amide bonds. The zero-order valence-electron chi connectivity index (χ0n) is 9.31. The molecule has 0 bridgehead atoms. The second-order valence-corrected chi connectivity index (χ2v) is 4.58. The van der Waals surface area contributed by atoms with Crippen LogP contribution in [0.2, 0.25) is 10.0 Å². The number of carbonyl (C=O) groups is 1. The van der Waals surface area contributed by atoms with Gasteiger partial charge in [0.15, 0.2) is 5.78 Å². The van der Waals surface area contributed by atoms with E-state index in [0.717, 1.165) is 0 Å². The summed E-state index contributed by atoms with van der Waals surface area (Å²) in [6.45, 7) is 0. The lowest BCUT2D eigenvalue weighted by molar-refractivity contribution is 0.0748. The molecule has 0 spiro atoms. The van der Waals surface area contributed by atoms with E-state index in [1.807, 2.05) is 0 Å². The van der Waals surface area contributed by atoms with Crippen LogP contribution in [0.3, 0.4) is 0 Å². The first-order valence-electron chi connectivity index (χ1n) is 5.32. The van der Waals surface area contributed by atoms with Crippen molar-refractivity contribution < 1.29 is 9.90 Å². The molecule has 2 aromatic carbocycles. The smallest absolute Gasteiger partial charge is 0.197 e. The van der Waals surface area contributed by atoms with Gasteiger partial charge in [0.2, 0.25) is 0 Å². The van der Waals surface area contributed by atoms with Gasteiger partial charge in [0.1, 0.15) is 6.10 Å². The van der Waals surface area contributed by atoms with Gasteiger partial charge < -0.3 is 5.11 Å². The van der Waals surface area contributed by atoms with Crippen molar-refractivity contribution in [2.45, 2.75) is 6.10 Å². The van der Waals surface area contributed by atoms with Gasteiger partial charge in [0.25, 0.3) is 0 Å². The molecule has 0 fully saturated rings. The molecule has 4 heteroatoms. The predicted molar refractivity (Wildman–Crippen MR) is 72.2 cm³/mol. The number of Topliss-reactive ketones (excluding diaryl/α,β-unsaturated/α-hetero) is 1. The van der Waals surface area contributed by atoms with Crippen LogP contribution in [0, 0.1) is 0 Å². The Morgan fingerprint density at radius 1 is 0.944 bits per heavy atom. The fourth-order valence-electron chi connectivity index (χ4n) is 1.65. The van der Waals surface area contributed by atoms with Gasteiger partial charge in [0.05, 0.1) is 5.02 Å². The molecule has 0 radical (unpaired) electrons. The van der Waals surface area contributed by atoms with Gasteiger partial charge in [-0.25, -0.2) is 0 Å². The lowest BCUT2D eigenvalue weighted by Gasteiger charge is -2.12. The molecule has 1 unspecified atom stereocenters. The van der Waals surface area contributed by atoms with Crippen molar-refractivity contribution >= 4 is 29.0 Å². The predicted octanol–water partition coefficient (Wildman–Crippen LogP) is 3.91. The Bertz CT molecular complexity index is 582. The Labute approximate surface area is 115 Å². The molecule has 18 heavy (non-hydrogen) atoms. The second-order valence-electron chi connectivity index (χ2n) is 3.77. The molecule has 0 saturated heterocycles. The third-order valence-corrected chi connectivity index (χ3v) is 3.26. The van der Waals surface area contributed by atoms with E-state index >= 15 is 0 Å². The second kappa shape index (κ2) is 5.53. The van der Waals surface area contributed by atoms with Gasteiger partial charge in [-0.05, 0) is 18.2 Å². The molecule has 0 aromatic heterocycles. The highest BCUT2D eigenvalue weighted by atomic mass is 35.5. The van der Waals surface area contributed by atoms with Crippen LogP contribution in [0.25, 0.3) is 0 Å². The number of rotatable bonds is 3. The lowest BCUT2D eigenvalue weighted by atomic mass is 10.00. The van der Waals surface area contributed by atoms with Crippen molar-refractivity contribution in [3.63, 3.8) is 0 Å². The highest BCUT2D eigenvalue weighted by Gasteiger charge is 2.22. The van der Waals surface area contributed by atoms with E-state index in [1.165, 1.54) is 0 Å². The van der Waals surface area contributed by atoms with Gasteiger partial charge in [-0.1, -0.05) is 53.5 Å². The number of aliphatic hydroxyl groups excluding tert-OH is 1. The fraction of sp³-hybridized carbons (Fsp3) is 0.0714. The minimum Gasteiger partial charge on any atom is -0.380 e. The van der Waals surface area contributed by atoms with Crippen molar-refractivity contribution in [2.75, 3.05) is 0 Å². The van der Waals surface area contributed by atoms with E-state index < -0.39 is 11.9 Å². The van der Waals surface area contributed by atoms with Gasteiger partial charge >= 0.3 is 0 Å². The van der Waals surface area contributed by atoms with E-state index in [4.69, 9.17) is 23.2 Å². The Hall–Kier alpha value is -1.35. The maximum absolute atomic E-state index is 12.1. The summed E-state index contributed by atoms with van der Waals surface area (Å²) >= 11 is 11.9. The zero-order chi connectivity index (χ0) is 13.1. The Morgan fingerprint density at radius 2 is 1.50 bits per heavy atom. The average Bonchev–Trinajstić information content (AvgIpc) is 2.38. The van der Waals surface area contributed by atoms with E-state index in [1.54, 1.807) is 48.5 Å². The fourth-order valence-corrected chi connectivity index (χ4v) is 2.11. The molecule has 0 heterocycles. The monoisotopic (exact) mass is 280 g/mol. The lowest BCUT2D eigenvalue weighted by Crippen LogP contribution is -2.13. The van der Waals surface area contributed by atoms with Crippen LogP contribution < -0.4 is 0 Å². The van der Waals surface area contributed by atoms with Crippen LogP contribution in [0.1, 0.15) is 22.0 Å². The topological polar surface area (TPSA) is 37.3 Å². The summed E-state index contributed by atoms with van der Waals surface area (Å²) in [6, 6.07) is 13.3. The molecule has 92 valence electrons. The number of benzene rings is 2. The molecule has 0 saturated carbocycles. The molecule has 0 aliphatic heterocycles. The van der Waals surface area contributed by atoms with Gasteiger partial charge in [-0.2, -0.15) is 0 Å². The number of ketones is 1. The number of hydrogen-bond acceptors (Lipinski definition) is 2. The van der Waals surface area contributed by atoms with Gasteiger partial charge in [-0.3, -0.25) is 4.79 Å². The minimum absolute atomic E-state index is 0.284. The minimum atomic E-state index is -1.31. The standard InChI is InChI=1S/C14H10Cl2O2/c15-11-7-3-1-5-9(11)13(17)14(18)10-6-2-4-8-12(10)16/h1-8,13,17H.